The van der Waals surface area contributed by atoms with Gasteiger partial charge in [-0.1, -0.05) is 0 Å². The van der Waals surface area contributed by atoms with Crippen LogP contribution in [0.2, 0.25) is 0 Å². The SMILES string of the molecule is CC(=O)O.CC(=O)O.CC(=O)O.CC(=O)O.[N].[N].[NaH].[NaH].[NaH].[Na]. The predicted molar refractivity (Wildman–Crippen MR) is 84.7 cm³/mol. The third kappa shape index (κ3) is 2910. The maximum atomic E-state index is 9.00. The number of rotatable bonds is 0. The Morgan fingerprint density at radius 3 is 0.500 bits per heavy atom. The molecule has 0 amide bonds. The minimum atomic E-state index is -0.833. The van der Waals surface area contributed by atoms with Crippen molar-refractivity contribution in [3.05, 3.63) is 0 Å². The molecule has 0 aliphatic heterocycles. The average Bonchev–Trinajstić information content (AvgIpc) is 1.76. The van der Waals surface area contributed by atoms with Crippen LogP contribution in [-0.2, 0) is 19.2 Å². The second kappa shape index (κ2) is 56.9. The standard InChI is InChI=1S/4C2H4O2.2N.4Na.3H/c4*1-2(3)4;;;;;;;;;/h4*1H3,(H,3,4);;;;;;;;;. The molecule has 10 nitrogen and oxygen atoms in total. The van der Waals surface area contributed by atoms with Gasteiger partial charge in [-0.25, -0.2) is 0 Å². The zero-order valence-electron chi connectivity index (χ0n) is 11.3. The van der Waals surface area contributed by atoms with E-state index < -0.39 is 23.9 Å². The Kier molecular flexibility index (Phi) is 168. The summed E-state index contributed by atoms with van der Waals surface area (Å²) < 4.78 is 0. The van der Waals surface area contributed by atoms with Crippen LogP contribution in [0.5, 0.6) is 0 Å². The summed E-state index contributed by atoms with van der Waals surface area (Å²) in [4.78, 5) is 36.0. The van der Waals surface area contributed by atoms with E-state index in [0.29, 0.717) is 0 Å². The van der Waals surface area contributed by atoms with E-state index in [4.69, 9.17) is 39.6 Å². The molecular formula is C8H19N2Na4O8. The van der Waals surface area contributed by atoms with Crippen LogP contribution in [0, 0.1) is 0 Å². The predicted octanol–water partition coefficient (Wildman–Crippen LogP) is -2.92. The van der Waals surface area contributed by atoms with E-state index in [1.165, 1.54) is 0 Å². The normalized spacial score (nSPS) is 4.55. The molecule has 0 saturated carbocycles. The van der Waals surface area contributed by atoms with Crippen molar-refractivity contribution in [2.45, 2.75) is 27.7 Å². The van der Waals surface area contributed by atoms with Gasteiger partial charge in [-0.2, -0.15) is 0 Å². The minimum Gasteiger partial charge on any atom is 0 e. The number of hydrogen-bond acceptors (Lipinski definition) is 4. The molecule has 0 spiro atoms. The van der Waals surface area contributed by atoms with Gasteiger partial charge in [0.2, 0.25) is 0 Å². The van der Waals surface area contributed by atoms with Crippen molar-refractivity contribution in [2.75, 3.05) is 0 Å². The molecule has 0 aliphatic carbocycles. The first-order valence-corrected chi connectivity index (χ1v) is 3.71. The van der Waals surface area contributed by atoms with E-state index in [1.54, 1.807) is 0 Å². The van der Waals surface area contributed by atoms with Gasteiger partial charge in [0.15, 0.2) is 0 Å². The van der Waals surface area contributed by atoms with E-state index in [9.17, 15) is 0 Å². The molecule has 0 rings (SSSR count). The molecule has 0 aromatic carbocycles. The van der Waals surface area contributed by atoms with Gasteiger partial charge in [0.25, 0.3) is 23.9 Å². The average molecular weight is 363 g/mol. The summed E-state index contributed by atoms with van der Waals surface area (Å²) in [6.45, 7) is 4.33. The van der Waals surface area contributed by atoms with Crippen LogP contribution in [0.1, 0.15) is 27.7 Å². The second-order valence-corrected chi connectivity index (χ2v) is 2.08. The van der Waals surface area contributed by atoms with Crippen LogP contribution in [0.4, 0.5) is 0 Å². The van der Waals surface area contributed by atoms with Gasteiger partial charge >= 0.3 is 88.7 Å². The Morgan fingerprint density at radius 2 is 0.500 bits per heavy atom. The quantitative estimate of drug-likeness (QED) is 0.326. The maximum Gasteiger partial charge on any atom is 0 e. The van der Waals surface area contributed by atoms with Crippen molar-refractivity contribution in [1.82, 2.24) is 12.3 Å². The number of carbonyl (C=O) groups is 4. The van der Waals surface area contributed by atoms with Crippen LogP contribution in [0.3, 0.4) is 0 Å². The van der Waals surface area contributed by atoms with E-state index in [1.807, 2.05) is 0 Å². The summed E-state index contributed by atoms with van der Waals surface area (Å²) in [5, 5.41) is 29.7. The number of carboxylic acids is 4. The van der Waals surface area contributed by atoms with Crippen molar-refractivity contribution in [2.24, 2.45) is 0 Å². The van der Waals surface area contributed by atoms with Gasteiger partial charge in [0, 0.05) is 69.6 Å². The van der Waals surface area contributed by atoms with Crippen molar-refractivity contribution in [3.63, 3.8) is 0 Å². The van der Waals surface area contributed by atoms with Crippen molar-refractivity contribution in [1.29, 1.82) is 0 Å². The summed E-state index contributed by atoms with van der Waals surface area (Å²) >= 11 is 0. The first-order valence-electron chi connectivity index (χ1n) is 3.71. The van der Waals surface area contributed by atoms with E-state index in [-0.39, 0.29) is 131 Å². The number of carboxylic acid groups (broad SMARTS) is 4. The molecule has 0 fully saturated rings. The first kappa shape index (κ1) is 65.0. The molecule has 22 heavy (non-hydrogen) atoms. The van der Waals surface area contributed by atoms with Crippen LogP contribution >= 0.6 is 0 Å². The fourth-order valence-electron chi connectivity index (χ4n) is 0. The summed E-state index contributed by atoms with van der Waals surface area (Å²) in [5.74, 6) is -3.33. The summed E-state index contributed by atoms with van der Waals surface area (Å²) in [6.07, 6.45) is 0. The number of hydrogen-bond donors (Lipinski definition) is 4. The second-order valence-electron chi connectivity index (χ2n) is 2.08. The van der Waals surface area contributed by atoms with Crippen molar-refractivity contribution >= 4 is 142 Å². The summed E-state index contributed by atoms with van der Waals surface area (Å²) in [6, 6.07) is 0. The summed E-state index contributed by atoms with van der Waals surface area (Å²) in [7, 11) is 0. The Morgan fingerprint density at radius 1 is 0.500 bits per heavy atom. The molecule has 0 bridgehead atoms. The van der Waals surface area contributed by atoms with Crippen LogP contribution in [-0.4, -0.2) is 163 Å². The Balaban J connectivity index is -0.00000001000. The molecular weight excluding hydrogens is 344 g/mol. The van der Waals surface area contributed by atoms with Gasteiger partial charge in [-0.05, 0) is 0 Å². The first-order chi connectivity index (χ1) is 6.93. The third-order valence-corrected chi connectivity index (χ3v) is 0. The Bertz CT molecular complexity index is 180. The largest absolute Gasteiger partial charge is 0 e. The molecule has 113 valence electrons. The van der Waals surface area contributed by atoms with Gasteiger partial charge in [0.1, 0.15) is 0 Å². The third-order valence-electron chi connectivity index (χ3n) is 0. The van der Waals surface area contributed by atoms with E-state index >= 15 is 0 Å². The van der Waals surface area contributed by atoms with Crippen LogP contribution < -0.4 is 12.3 Å². The molecule has 0 unspecified atom stereocenters. The van der Waals surface area contributed by atoms with E-state index in [2.05, 4.69) is 0 Å². The fourth-order valence-corrected chi connectivity index (χ4v) is 0. The zero-order chi connectivity index (χ0) is 14.3. The molecule has 0 saturated heterocycles. The summed E-state index contributed by atoms with van der Waals surface area (Å²) in [5.41, 5.74) is 0. The smallest absolute Gasteiger partial charge is 0 e. The monoisotopic (exact) mass is 363 g/mol. The molecule has 0 aromatic rings. The topological polar surface area (TPSA) is 210 Å². The van der Waals surface area contributed by atoms with Gasteiger partial charge in [-0.15, -0.1) is 0 Å². The molecule has 0 aliphatic rings. The fraction of sp³-hybridized carbons (Fsp3) is 0.500. The number of nitrogens with zero attached hydrogens (tertiary/aromatic N) is 2. The number of aliphatic carboxylic acids is 4. The molecule has 0 aromatic heterocycles. The zero-order valence-corrected chi connectivity index (χ0v) is 13.3. The Hall–Kier alpha value is 1.80. The molecule has 4 N–H and O–H groups in total. The van der Waals surface area contributed by atoms with Gasteiger partial charge in [0.05, 0.1) is 0 Å². The van der Waals surface area contributed by atoms with Gasteiger partial charge < -0.3 is 20.4 Å². The molecule has 14 heteroatoms. The Labute approximate surface area is 218 Å². The van der Waals surface area contributed by atoms with Crippen LogP contribution in [0.15, 0.2) is 0 Å². The van der Waals surface area contributed by atoms with Gasteiger partial charge in [-0.3, -0.25) is 19.2 Å². The minimum absolute atomic E-state index is 0. The van der Waals surface area contributed by atoms with Crippen LogP contribution in [0.25, 0.3) is 0 Å². The molecule has 0 heterocycles. The van der Waals surface area contributed by atoms with E-state index in [0.717, 1.165) is 27.7 Å². The molecule has 7 radical (unpaired) electrons. The molecule has 0 atom stereocenters. The maximum absolute atomic E-state index is 9.00. The van der Waals surface area contributed by atoms with Crippen molar-refractivity contribution in [3.8, 4) is 0 Å². The van der Waals surface area contributed by atoms with Crippen molar-refractivity contribution < 1.29 is 39.6 Å².